The highest BCUT2D eigenvalue weighted by atomic mass is 16.5. The van der Waals surface area contributed by atoms with Gasteiger partial charge in [-0.1, -0.05) is 42.5 Å². The molecule has 0 aromatic heterocycles. The summed E-state index contributed by atoms with van der Waals surface area (Å²) in [5, 5.41) is 4.76. The molecule has 0 saturated carbocycles. The molecule has 21 heavy (non-hydrogen) atoms. The Hall–Kier alpha value is -2.82. The summed E-state index contributed by atoms with van der Waals surface area (Å²) in [4.78, 5) is 22.7. The number of benzene rings is 2. The van der Waals surface area contributed by atoms with E-state index in [-0.39, 0.29) is 5.91 Å². The number of urea groups is 1. The molecule has 1 fully saturated rings. The monoisotopic (exact) mass is 282 g/mol. The Morgan fingerprint density at radius 2 is 1.67 bits per heavy atom. The minimum atomic E-state index is -0.624. The van der Waals surface area contributed by atoms with E-state index < -0.39 is 12.1 Å². The fourth-order valence-electron chi connectivity index (χ4n) is 2.15. The van der Waals surface area contributed by atoms with Gasteiger partial charge in [0.15, 0.2) is 0 Å². The van der Waals surface area contributed by atoms with Crippen molar-refractivity contribution in [3.05, 3.63) is 65.7 Å². The number of rotatable bonds is 4. The first kappa shape index (κ1) is 13.2. The second kappa shape index (κ2) is 5.66. The summed E-state index contributed by atoms with van der Waals surface area (Å²) < 4.78 is 5.67. The van der Waals surface area contributed by atoms with Gasteiger partial charge >= 0.3 is 6.03 Å². The van der Waals surface area contributed by atoms with Crippen LogP contribution >= 0.6 is 0 Å². The molecule has 5 heteroatoms. The quantitative estimate of drug-likeness (QED) is 0.844. The minimum Gasteiger partial charge on any atom is -0.489 e. The van der Waals surface area contributed by atoms with E-state index in [9.17, 15) is 9.59 Å². The molecule has 0 radical (unpaired) electrons. The zero-order valence-electron chi connectivity index (χ0n) is 11.2. The van der Waals surface area contributed by atoms with Crippen LogP contribution in [0.2, 0.25) is 0 Å². The van der Waals surface area contributed by atoms with E-state index in [0.29, 0.717) is 12.4 Å². The molecule has 2 N–H and O–H groups in total. The summed E-state index contributed by atoms with van der Waals surface area (Å²) >= 11 is 0. The summed E-state index contributed by atoms with van der Waals surface area (Å²) in [6.07, 6.45) is 0. The van der Waals surface area contributed by atoms with Crippen molar-refractivity contribution in [1.82, 2.24) is 10.6 Å². The molecule has 3 amide bonds. The third kappa shape index (κ3) is 3.02. The summed E-state index contributed by atoms with van der Waals surface area (Å²) in [5.41, 5.74) is 1.81. The number of carbonyl (C=O) groups is 2. The number of nitrogens with one attached hydrogen (secondary N) is 2. The van der Waals surface area contributed by atoms with Crippen molar-refractivity contribution in [1.29, 1.82) is 0 Å². The maximum atomic E-state index is 11.6. The standard InChI is InChI=1S/C16H14N2O3/c19-15-14(17-16(20)18-15)12-6-8-13(9-7-12)21-10-11-4-2-1-3-5-11/h1-9,14H,10H2,(H2,17,18,19,20). The molecule has 106 valence electrons. The van der Waals surface area contributed by atoms with E-state index in [4.69, 9.17) is 4.74 Å². The topological polar surface area (TPSA) is 67.4 Å². The zero-order valence-corrected chi connectivity index (χ0v) is 11.2. The Morgan fingerprint density at radius 1 is 0.952 bits per heavy atom. The molecular weight excluding hydrogens is 268 g/mol. The number of ether oxygens (including phenoxy) is 1. The lowest BCUT2D eigenvalue weighted by atomic mass is 10.1. The van der Waals surface area contributed by atoms with Crippen molar-refractivity contribution in [2.75, 3.05) is 0 Å². The predicted molar refractivity (Wildman–Crippen MR) is 76.6 cm³/mol. The van der Waals surface area contributed by atoms with Gasteiger partial charge in [0.25, 0.3) is 5.91 Å². The Labute approximate surface area is 121 Å². The summed E-state index contributed by atoms with van der Waals surface area (Å²) in [7, 11) is 0. The molecule has 3 rings (SSSR count). The molecule has 0 bridgehead atoms. The lowest BCUT2D eigenvalue weighted by Crippen LogP contribution is -2.22. The van der Waals surface area contributed by atoms with Crippen molar-refractivity contribution in [2.24, 2.45) is 0 Å². The van der Waals surface area contributed by atoms with Crippen molar-refractivity contribution in [3.63, 3.8) is 0 Å². The van der Waals surface area contributed by atoms with Crippen LogP contribution < -0.4 is 15.4 Å². The number of amides is 3. The van der Waals surface area contributed by atoms with Crippen LogP contribution in [0.1, 0.15) is 17.2 Å². The molecule has 2 aromatic carbocycles. The summed E-state index contributed by atoms with van der Waals surface area (Å²) in [6, 6.07) is 15.9. The molecule has 5 nitrogen and oxygen atoms in total. The van der Waals surface area contributed by atoms with Crippen LogP contribution in [-0.4, -0.2) is 11.9 Å². The van der Waals surface area contributed by atoms with Gasteiger partial charge in [-0.25, -0.2) is 4.79 Å². The fourth-order valence-corrected chi connectivity index (χ4v) is 2.15. The highest BCUT2D eigenvalue weighted by Gasteiger charge is 2.30. The Balaban J connectivity index is 1.64. The van der Waals surface area contributed by atoms with E-state index in [1.807, 2.05) is 30.3 Å². The maximum Gasteiger partial charge on any atom is 0.322 e. The lowest BCUT2D eigenvalue weighted by Gasteiger charge is -2.10. The highest BCUT2D eigenvalue weighted by molar-refractivity contribution is 6.04. The van der Waals surface area contributed by atoms with Gasteiger partial charge < -0.3 is 10.1 Å². The third-order valence-electron chi connectivity index (χ3n) is 3.24. The molecule has 0 aliphatic carbocycles. The van der Waals surface area contributed by atoms with Crippen LogP contribution in [0.25, 0.3) is 0 Å². The Bertz CT molecular complexity index is 653. The van der Waals surface area contributed by atoms with Gasteiger partial charge in [0, 0.05) is 0 Å². The first-order valence-corrected chi connectivity index (χ1v) is 6.60. The van der Waals surface area contributed by atoms with Crippen molar-refractivity contribution < 1.29 is 14.3 Å². The van der Waals surface area contributed by atoms with E-state index in [0.717, 1.165) is 11.1 Å². The van der Waals surface area contributed by atoms with Gasteiger partial charge in [-0.3, -0.25) is 10.1 Å². The lowest BCUT2D eigenvalue weighted by molar-refractivity contribution is -0.120. The molecule has 1 heterocycles. The van der Waals surface area contributed by atoms with Crippen LogP contribution in [0.3, 0.4) is 0 Å². The van der Waals surface area contributed by atoms with E-state index in [2.05, 4.69) is 10.6 Å². The van der Waals surface area contributed by atoms with E-state index in [1.165, 1.54) is 0 Å². The van der Waals surface area contributed by atoms with Gasteiger partial charge in [-0.2, -0.15) is 0 Å². The van der Waals surface area contributed by atoms with Crippen molar-refractivity contribution >= 4 is 11.9 Å². The SMILES string of the molecule is O=C1NC(=O)C(c2ccc(OCc3ccccc3)cc2)N1. The van der Waals surface area contributed by atoms with Crippen LogP contribution in [0.4, 0.5) is 4.79 Å². The first-order valence-electron chi connectivity index (χ1n) is 6.60. The number of carbonyl (C=O) groups excluding carboxylic acids is 2. The second-order valence-electron chi connectivity index (χ2n) is 4.74. The van der Waals surface area contributed by atoms with E-state index in [1.54, 1.807) is 24.3 Å². The molecule has 1 aliphatic rings. The molecule has 0 spiro atoms. The maximum absolute atomic E-state index is 11.6. The number of hydrogen-bond acceptors (Lipinski definition) is 3. The van der Waals surface area contributed by atoms with Gasteiger partial charge in [0.2, 0.25) is 0 Å². The van der Waals surface area contributed by atoms with Gasteiger partial charge in [-0.15, -0.1) is 0 Å². The molecule has 1 atom stereocenters. The number of hydrogen-bond donors (Lipinski definition) is 2. The van der Waals surface area contributed by atoms with Crippen LogP contribution in [-0.2, 0) is 11.4 Å². The molecule has 1 saturated heterocycles. The second-order valence-corrected chi connectivity index (χ2v) is 4.74. The Kier molecular flexibility index (Phi) is 3.55. The largest absolute Gasteiger partial charge is 0.489 e. The molecular formula is C16H14N2O3. The average molecular weight is 282 g/mol. The third-order valence-corrected chi connectivity index (χ3v) is 3.24. The zero-order chi connectivity index (χ0) is 14.7. The first-order chi connectivity index (χ1) is 10.2. The van der Waals surface area contributed by atoms with Gasteiger partial charge in [0.1, 0.15) is 18.4 Å². The summed E-state index contributed by atoms with van der Waals surface area (Å²) in [6.45, 7) is 0.487. The average Bonchev–Trinajstić information content (AvgIpc) is 2.85. The van der Waals surface area contributed by atoms with Crippen LogP contribution in [0.5, 0.6) is 5.75 Å². The van der Waals surface area contributed by atoms with Crippen molar-refractivity contribution in [2.45, 2.75) is 12.6 Å². The predicted octanol–water partition coefficient (Wildman–Crippen LogP) is 2.15. The fraction of sp³-hybridized carbons (Fsp3) is 0.125. The molecule has 1 aliphatic heterocycles. The normalized spacial score (nSPS) is 17.2. The highest BCUT2D eigenvalue weighted by Crippen LogP contribution is 2.20. The minimum absolute atomic E-state index is 0.335. The van der Waals surface area contributed by atoms with Gasteiger partial charge in [-0.05, 0) is 23.3 Å². The van der Waals surface area contributed by atoms with Crippen LogP contribution in [0.15, 0.2) is 54.6 Å². The molecule has 2 aromatic rings. The van der Waals surface area contributed by atoms with Crippen LogP contribution in [0, 0.1) is 0 Å². The smallest absolute Gasteiger partial charge is 0.322 e. The Morgan fingerprint density at radius 3 is 2.29 bits per heavy atom. The van der Waals surface area contributed by atoms with E-state index >= 15 is 0 Å². The van der Waals surface area contributed by atoms with Gasteiger partial charge in [0.05, 0.1) is 0 Å². The van der Waals surface area contributed by atoms with Crippen molar-refractivity contribution in [3.8, 4) is 5.75 Å². The summed E-state index contributed by atoms with van der Waals surface area (Å²) in [5.74, 6) is 0.380. The molecule has 1 unspecified atom stereocenters. The number of imide groups is 1.